The molecule has 2 aliphatic rings. The average molecular weight is 377 g/mol. The zero-order chi connectivity index (χ0) is 19.1. The summed E-state index contributed by atoms with van der Waals surface area (Å²) < 4.78 is 7.71. The van der Waals surface area contributed by atoms with Crippen LogP contribution in [-0.2, 0) is 22.6 Å². The number of carbonyl (C=O) groups is 1. The van der Waals surface area contributed by atoms with Crippen molar-refractivity contribution in [3.8, 4) is 0 Å². The van der Waals surface area contributed by atoms with Gasteiger partial charge in [0.25, 0.3) is 5.91 Å². The molecule has 1 unspecified atom stereocenters. The van der Waals surface area contributed by atoms with Gasteiger partial charge < -0.3 is 9.64 Å². The molecule has 144 valence electrons. The van der Waals surface area contributed by atoms with E-state index in [1.807, 2.05) is 40.6 Å². The highest BCUT2D eigenvalue weighted by Crippen LogP contribution is 2.28. The summed E-state index contributed by atoms with van der Waals surface area (Å²) in [5.41, 5.74) is 4.12. The van der Waals surface area contributed by atoms with E-state index in [4.69, 9.17) is 4.74 Å². The molecule has 0 aliphatic carbocycles. The van der Waals surface area contributed by atoms with Gasteiger partial charge in [-0.15, -0.1) is 10.2 Å². The molecule has 4 heterocycles. The van der Waals surface area contributed by atoms with Crippen molar-refractivity contribution in [1.29, 1.82) is 0 Å². The molecular weight excluding hydrogens is 354 g/mol. The van der Waals surface area contributed by atoms with E-state index in [2.05, 4.69) is 27.4 Å². The molecule has 0 bridgehead atoms. The van der Waals surface area contributed by atoms with Crippen LogP contribution in [0.15, 0.2) is 36.4 Å². The minimum Gasteiger partial charge on any atom is -0.363 e. The van der Waals surface area contributed by atoms with E-state index in [1.165, 1.54) is 11.1 Å². The third kappa shape index (κ3) is 3.05. The van der Waals surface area contributed by atoms with E-state index < -0.39 is 0 Å². The van der Waals surface area contributed by atoms with Gasteiger partial charge in [-0.2, -0.15) is 9.61 Å². The second-order valence-electron chi connectivity index (χ2n) is 7.67. The highest BCUT2D eigenvalue weighted by molar-refractivity contribution is 5.81. The molecule has 1 amide bonds. The largest absolute Gasteiger partial charge is 0.363 e. The standard InChI is InChI=1S/C21H23N5O2/c1-14-6-7-19-22-23-20(26(19)24-14)15-8-10-25(11-9-15)21(27)18-12-16-4-2-3-5-17(16)13-28-18/h2-7,15,18H,8-13H2,1H3. The van der Waals surface area contributed by atoms with Gasteiger partial charge >= 0.3 is 0 Å². The summed E-state index contributed by atoms with van der Waals surface area (Å²) >= 11 is 0. The Kier molecular flexibility index (Phi) is 4.31. The first-order valence-corrected chi connectivity index (χ1v) is 9.85. The van der Waals surface area contributed by atoms with Gasteiger partial charge in [-0.05, 0) is 43.0 Å². The number of ether oxygens (including phenoxy) is 1. The normalized spacial score (nSPS) is 20.3. The van der Waals surface area contributed by atoms with Crippen molar-refractivity contribution < 1.29 is 9.53 Å². The van der Waals surface area contributed by atoms with Crippen molar-refractivity contribution in [2.24, 2.45) is 0 Å². The Hall–Kier alpha value is -2.80. The SMILES string of the molecule is Cc1ccc2nnc(C3CCN(C(=O)C4Cc5ccccc5CO4)CC3)n2n1. The number of amides is 1. The number of aryl methyl sites for hydroxylation is 1. The van der Waals surface area contributed by atoms with Gasteiger partial charge in [0.15, 0.2) is 11.5 Å². The Morgan fingerprint density at radius 1 is 1.07 bits per heavy atom. The molecule has 28 heavy (non-hydrogen) atoms. The van der Waals surface area contributed by atoms with E-state index >= 15 is 0 Å². The Labute approximate surface area is 163 Å². The van der Waals surface area contributed by atoms with Crippen molar-refractivity contribution >= 4 is 11.6 Å². The van der Waals surface area contributed by atoms with Gasteiger partial charge in [-0.1, -0.05) is 24.3 Å². The maximum Gasteiger partial charge on any atom is 0.252 e. The quantitative estimate of drug-likeness (QED) is 0.685. The van der Waals surface area contributed by atoms with Gasteiger partial charge in [-0.25, -0.2) is 0 Å². The van der Waals surface area contributed by atoms with Crippen LogP contribution in [0.25, 0.3) is 5.65 Å². The molecule has 0 radical (unpaired) electrons. The van der Waals surface area contributed by atoms with Crippen LogP contribution in [-0.4, -0.2) is 49.8 Å². The smallest absolute Gasteiger partial charge is 0.252 e. The monoisotopic (exact) mass is 377 g/mol. The van der Waals surface area contributed by atoms with E-state index in [0.29, 0.717) is 26.1 Å². The maximum atomic E-state index is 13.0. The molecule has 1 saturated heterocycles. The molecule has 0 spiro atoms. The van der Waals surface area contributed by atoms with Crippen LogP contribution in [0, 0.1) is 6.92 Å². The topological polar surface area (TPSA) is 72.6 Å². The maximum absolute atomic E-state index is 13.0. The van der Waals surface area contributed by atoms with Gasteiger partial charge in [0.1, 0.15) is 6.10 Å². The fourth-order valence-corrected chi connectivity index (χ4v) is 4.22. The number of nitrogens with zero attached hydrogens (tertiary/aromatic N) is 5. The van der Waals surface area contributed by atoms with Crippen molar-refractivity contribution in [3.05, 3.63) is 59.0 Å². The second-order valence-corrected chi connectivity index (χ2v) is 7.67. The molecular formula is C21H23N5O2. The van der Waals surface area contributed by atoms with E-state index in [-0.39, 0.29) is 17.9 Å². The Morgan fingerprint density at radius 2 is 1.86 bits per heavy atom. The first-order chi connectivity index (χ1) is 13.7. The zero-order valence-corrected chi connectivity index (χ0v) is 15.9. The third-order valence-electron chi connectivity index (χ3n) is 5.83. The Balaban J connectivity index is 1.26. The van der Waals surface area contributed by atoms with Crippen LogP contribution in [0.4, 0.5) is 0 Å². The lowest BCUT2D eigenvalue weighted by Gasteiger charge is -2.34. The van der Waals surface area contributed by atoms with Crippen LogP contribution >= 0.6 is 0 Å². The molecule has 1 aromatic carbocycles. The lowest BCUT2D eigenvalue weighted by molar-refractivity contribution is -0.146. The lowest BCUT2D eigenvalue weighted by Crippen LogP contribution is -2.46. The molecule has 3 aromatic rings. The molecule has 7 nitrogen and oxygen atoms in total. The second kappa shape index (κ2) is 6.98. The molecule has 5 rings (SSSR count). The van der Waals surface area contributed by atoms with Crippen LogP contribution in [0.3, 0.4) is 0 Å². The molecule has 1 fully saturated rings. The van der Waals surface area contributed by atoms with E-state index in [1.54, 1.807) is 0 Å². The number of rotatable bonds is 2. The number of benzene rings is 1. The summed E-state index contributed by atoms with van der Waals surface area (Å²) in [6.07, 6.45) is 2.02. The minimum absolute atomic E-state index is 0.105. The fourth-order valence-electron chi connectivity index (χ4n) is 4.22. The lowest BCUT2D eigenvalue weighted by atomic mass is 9.94. The highest BCUT2D eigenvalue weighted by Gasteiger charge is 2.33. The Morgan fingerprint density at radius 3 is 2.68 bits per heavy atom. The first kappa shape index (κ1) is 17.3. The summed E-state index contributed by atoms with van der Waals surface area (Å²) in [4.78, 5) is 14.9. The summed E-state index contributed by atoms with van der Waals surface area (Å²) in [5.74, 6) is 1.27. The molecule has 0 saturated carbocycles. The fraction of sp³-hybridized carbons (Fsp3) is 0.429. The molecule has 2 aromatic heterocycles. The minimum atomic E-state index is -0.371. The molecule has 2 aliphatic heterocycles. The van der Waals surface area contributed by atoms with Crippen molar-refractivity contribution in [2.45, 2.75) is 44.8 Å². The number of piperidine rings is 1. The van der Waals surface area contributed by atoms with Crippen LogP contribution in [0.5, 0.6) is 0 Å². The van der Waals surface area contributed by atoms with Crippen molar-refractivity contribution in [1.82, 2.24) is 24.7 Å². The summed E-state index contributed by atoms with van der Waals surface area (Å²) in [7, 11) is 0. The van der Waals surface area contributed by atoms with Crippen LogP contribution < -0.4 is 0 Å². The number of aromatic nitrogens is 4. The summed E-state index contributed by atoms with van der Waals surface area (Å²) in [5, 5.41) is 13.2. The number of hydrogen-bond donors (Lipinski definition) is 0. The summed E-state index contributed by atoms with van der Waals surface area (Å²) in [6.45, 7) is 3.91. The van der Waals surface area contributed by atoms with Crippen molar-refractivity contribution in [2.75, 3.05) is 13.1 Å². The Bertz CT molecular complexity index is 1020. The predicted molar refractivity (Wildman–Crippen MR) is 103 cm³/mol. The van der Waals surface area contributed by atoms with Crippen LogP contribution in [0.1, 0.15) is 41.4 Å². The number of likely N-dealkylation sites (tertiary alicyclic amines) is 1. The van der Waals surface area contributed by atoms with Gasteiger partial charge in [-0.3, -0.25) is 4.79 Å². The molecule has 0 N–H and O–H groups in total. The molecule has 1 atom stereocenters. The van der Waals surface area contributed by atoms with E-state index in [9.17, 15) is 4.79 Å². The number of hydrogen-bond acceptors (Lipinski definition) is 5. The van der Waals surface area contributed by atoms with Crippen LogP contribution in [0.2, 0.25) is 0 Å². The van der Waals surface area contributed by atoms with Gasteiger partial charge in [0.2, 0.25) is 0 Å². The van der Waals surface area contributed by atoms with Gasteiger partial charge in [0.05, 0.1) is 12.3 Å². The zero-order valence-electron chi connectivity index (χ0n) is 15.9. The van der Waals surface area contributed by atoms with E-state index in [0.717, 1.165) is 30.0 Å². The third-order valence-corrected chi connectivity index (χ3v) is 5.83. The summed E-state index contributed by atoms with van der Waals surface area (Å²) in [6, 6.07) is 12.1. The number of fused-ring (bicyclic) bond motifs is 2. The number of carbonyl (C=O) groups excluding carboxylic acids is 1. The van der Waals surface area contributed by atoms with Crippen molar-refractivity contribution in [3.63, 3.8) is 0 Å². The van der Waals surface area contributed by atoms with Gasteiger partial charge in [0, 0.05) is 25.4 Å². The first-order valence-electron chi connectivity index (χ1n) is 9.85. The predicted octanol–water partition coefficient (Wildman–Crippen LogP) is 2.28. The molecule has 7 heteroatoms. The highest BCUT2D eigenvalue weighted by atomic mass is 16.5. The average Bonchev–Trinajstić information content (AvgIpc) is 3.16.